The topological polar surface area (TPSA) is 49.8 Å². The Hall–Kier alpha value is -0.770. The van der Waals surface area contributed by atoms with Crippen molar-refractivity contribution < 1.29 is 14.6 Å². The average Bonchev–Trinajstić information content (AvgIpc) is 2.27. The Balaban J connectivity index is 2.19. The average molecular weight is 171 g/mol. The Morgan fingerprint density at radius 3 is 3.25 bits per heavy atom. The van der Waals surface area contributed by atoms with Gasteiger partial charge in [0.2, 0.25) is 0 Å². The molecule has 1 N–H and O–H groups in total. The monoisotopic (exact) mass is 171 g/mol. The molecule has 0 aromatic carbocycles. The number of nitrogens with zero attached hydrogens (tertiary/aromatic N) is 1. The molecule has 2 saturated heterocycles. The first kappa shape index (κ1) is 7.86. The molecular weight excluding hydrogens is 158 g/mol. The largest absolute Gasteiger partial charge is 0.447 e. The predicted octanol–water partition coefficient (Wildman–Crippen LogP) is 0.352. The molecule has 0 bridgehead atoms. The number of fused-ring (bicyclic) bond motifs is 1. The number of carbonyl (C=O) groups is 1. The quantitative estimate of drug-likeness (QED) is 0.572. The molecule has 2 aliphatic heterocycles. The van der Waals surface area contributed by atoms with Crippen molar-refractivity contribution in [1.82, 2.24) is 4.90 Å². The van der Waals surface area contributed by atoms with Crippen molar-refractivity contribution in [2.24, 2.45) is 0 Å². The third-order valence-electron chi connectivity index (χ3n) is 2.74. The molecule has 2 aliphatic rings. The zero-order valence-corrected chi connectivity index (χ0v) is 7.12. The minimum atomic E-state index is -0.277. The summed E-state index contributed by atoms with van der Waals surface area (Å²) in [6.45, 7) is 3.00. The SMILES string of the molecule is CC12COC(=O)N1CCC(O)C2. The number of ether oxygens (including phenoxy) is 1. The number of aliphatic hydroxyl groups excluding tert-OH is 1. The summed E-state index contributed by atoms with van der Waals surface area (Å²) < 4.78 is 4.93. The molecule has 2 fully saturated rings. The van der Waals surface area contributed by atoms with E-state index in [4.69, 9.17) is 4.74 Å². The van der Waals surface area contributed by atoms with Crippen molar-refractivity contribution in [3.05, 3.63) is 0 Å². The minimum Gasteiger partial charge on any atom is -0.447 e. The smallest absolute Gasteiger partial charge is 0.410 e. The van der Waals surface area contributed by atoms with Crippen LogP contribution in [0.5, 0.6) is 0 Å². The van der Waals surface area contributed by atoms with Gasteiger partial charge in [-0.2, -0.15) is 0 Å². The highest BCUT2D eigenvalue weighted by atomic mass is 16.6. The molecule has 0 spiro atoms. The van der Waals surface area contributed by atoms with Crippen LogP contribution in [-0.2, 0) is 4.74 Å². The third-order valence-corrected chi connectivity index (χ3v) is 2.74. The molecule has 12 heavy (non-hydrogen) atoms. The molecule has 68 valence electrons. The minimum absolute atomic E-state index is 0.232. The standard InChI is InChI=1S/C8H13NO3/c1-8-4-6(10)2-3-9(8)7(11)12-5-8/h6,10H,2-5H2,1H3. The maximum Gasteiger partial charge on any atom is 0.410 e. The highest BCUT2D eigenvalue weighted by Gasteiger charge is 2.47. The van der Waals surface area contributed by atoms with Gasteiger partial charge >= 0.3 is 6.09 Å². The molecule has 2 rings (SSSR count). The number of hydrogen-bond donors (Lipinski definition) is 1. The van der Waals surface area contributed by atoms with Crippen LogP contribution in [0.2, 0.25) is 0 Å². The van der Waals surface area contributed by atoms with Crippen LogP contribution < -0.4 is 0 Å². The predicted molar refractivity (Wildman–Crippen MR) is 41.7 cm³/mol. The van der Waals surface area contributed by atoms with E-state index in [1.807, 2.05) is 6.92 Å². The molecule has 4 nitrogen and oxygen atoms in total. The second-order valence-corrected chi connectivity index (χ2v) is 3.85. The van der Waals surface area contributed by atoms with Crippen LogP contribution in [0.15, 0.2) is 0 Å². The van der Waals surface area contributed by atoms with E-state index in [2.05, 4.69) is 0 Å². The number of amides is 1. The van der Waals surface area contributed by atoms with E-state index in [1.165, 1.54) is 0 Å². The summed E-state index contributed by atoms with van der Waals surface area (Å²) in [5.41, 5.74) is -0.255. The van der Waals surface area contributed by atoms with E-state index < -0.39 is 0 Å². The number of hydrogen-bond acceptors (Lipinski definition) is 3. The number of carbonyl (C=O) groups excluding carboxylic acids is 1. The van der Waals surface area contributed by atoms with Crippen LogP contribution >= 0.6 is 0 Å². The molecule has 2 heterocycles. The van der Waals surface area contributed by atoms with E-state index in [0.29, 0.717) is 26.0 Å². The van der Waals surface area contributed by atoms with Gasteiger partial charge in [-0.15, -0.1) is 0 Å². The maximum atomic E-state index is 11.1. The summed E-state index contributed by atoms with van der Waals surface area (Å²) in [7, 11) is 0. The van der Waals surface area contributed by atoms with Gasteiger partial charge in [0.1, 0.15) is 6.61 Å². The third kappa shape index (κ3) is 0.982. The molecule has 0 aromatic heterocycles. The lowest BCUT2D eigenvalue weighted by Gasteiger charge is -2.38. The summed E-state index contributed by atoms with van der Waals surface area (Å²) >= 11 is 0. The van der Waals surface area contributed by atoms with E-state index in [-0.39, 0.29) is 17.7 Å². The second kappa shape index (κ2) is 2.36. The first-order valence-corrected chi connectivity index (χ1v) is 4.24. The van der Waals surface area contributed by atoms with Crippen LogP contribution in [0, 0.1) is 0 Å². The fourth-order valence-corrected chi connectivity index (χ4v) is 2.01. The van der Waals surface area contributed by atoms with Crippen molar-refractivity contribution in [3.8, 4) is 0 Å². The highest BCUT2D eigenvalue weighted by Crippen LogP contribution is 2.33. The Bertz CT molecular complexity index is 218. The first-order chi connectivity index (χ1) is 5.62. The van der Waals surface area contributed by atoms with Gasteiger partial charge in [-0.05, 0) is 19.8 Å². The zero-order valence-electron chi connectivity index (χ0n) is 7.12. The van der Waals surface area contributed by atoms with Gasteiger partial charge in [-0.25, -0.2) is 4.79 Å². The summed E-state index contributed by atoms with van der Waals surface area (Å²) in [5.74, 6) is 0. The maximum absolute atomic E-state index is 11.1. The highest BCUT2D eigenvalue weighted by molar-refractivity contribution is 5.71. The van der Waals surface area contributed by atoms with Gasteiger partial charge in [0.25, 0.3) is 0 Å². The summed E-state index contributed by atoms with van der Waals surface area (Å²) in [6.07, 6.45) is 0.800. The van der Waals surface area contributed by atoms with Crippen molar-refractivity contribution in [2.75, 3.05) is 13.2 Å². The van der Waals surface area contributed by atoms with E-state index in [1.54, 1.807) is 4.90 Å². The van der Waals surface area contributed by atoms with Crippen molar-refractivity contribution in [2.45, 2.75) is 31.4 Å². The van der Waals surface area contributed by atoms with Crippen LogP contribution in [0.4, 0.5) is 4.79 Å². The van der Waals surface area contributed by atoms with Gasteiger partial charge in [0.15, 0.2) is 0 Å². The molecular formula is C8H13NO3. The second-order valence-electron chi connectivity index (χ2n) is 3.85. The van der Waals surface area contributed by atoms with E-state index in [9.17, 15) is 9.90 Å². The zero-order chi connectivity index (χ0) is 8.77. The number of rotatable bonds is 0. The van der Waals surface area contributed by atoms with E-state index >= 15 is 0 Å². The van der Waals surface area contributed by atoms with Crippen LogP contribution in [0.25, 0.3) is 0 Å². The van der Waals surface area contributed by atoms with Crippen LogP contribution in [-0.4, -0.2) is 40.9 Å². The van der Waals surface area contributed by atoms with Crippen LogP contribution in [0.3, 0.4) is 0 Å². The van der Waals surface area contributed by atoms with Gasteiger partial charge < -0.3 is 9.84 Å². The molecule has 1 amide bonds. The fourth-order valence-electron chi connectivity index (χ4n) is 2.01. The molecule has 2 unspecified atom stereocenters. The molecule has 0 aliphatic carbocycles. The molecule has 0 aromatic rings. The van der Waals surface area contributed by atoms with Crippen molar-refractivity contribution in [3.63, 3.8) is 0 Å². The van der Waals surface area contributed by atoms with E-state index in [0.717, 1.165) is 0 Å². The summed E-state index contributed by atoms with van der Waals surface area (Å²) in [6, 6.07) is 0. The number of cyclic esters (lactones) is 1. The summed E-state index contributed by atoms with van der Waals surface area (Å²) in [5, 5.41) is 9.41. The lowest BCUT2D eigenvalue weighted by Crippen LogP contribution is -2.51. The van der Waals surface area contributed by atoms with Gasteiger partial charge in [0.05, 0.1) is 11.6 Å². The lowest BCUT2D eigenvalue weighted by molar-refractivity contribution is 0.0328. The molecule has 0 radical (unpaired) electrons. The normalized spacial score (nSPS) is 41.0. The van der Waals surface area contributed by atoms with Gasteiger partial charge in [0, 0.05) is 6.54 Å². The summed E-state index contributed by atoms with van der Waals surface area (Å²) in [4.78, 5) is 12.9. The van der Waals surface area contributed by atoms with Crippen molar-refractivity contribution in [1.29, 1.82) is 0 Å². The lowest BCUT2D eigenvalue weighted by atomic mass is 9.89. The van der Waals surface area contributed by atoms with Crippen LogP contribution in [0.1, 0.15) is 19.8 Å². The molecule has 2 atom stereocenters. The Labute approximate surface area is 71.1 Å². The fraction of sp³-hybridized carbons (Fsp3) is 0.875. The first-order valence-electron chi connectivity index (χ1n) is 4.24. The Kier molecular flexibility index (Phi) is 1.54. The number of aliphatic hydroxyl groups is 1. The van der Waals surface area contributed by atoms with Gasteiger partial charge in [-0.1, -0.05) is 0 Å². The Morgan fingerprint density at radius 1 is 1.75 bits per heavy atom. The number of piperidine rings is 1. The van der Waals surface area contributed by atoms with Crippen molar-refractivity contribution >= 4 is 6.09 Å². The molecule has 0 saturated carbocycles. The van der Waals surface area contributed by atoms with Gasteiger partial charge in [-0.3, -0.25) is 4.90 Å². The molecule has 4 heteroatoms. The Morgan fingerprint density at radius 2 is 2.50 bits per heavy atom.